The van der Waals surface area contributed by atoms with Crippen LogP contribution in [0.4, 0.5) is 0 Å². The summed E-state index contributed by atoms with van der Waals surface area (Å²) in [6, 6.07) is 11.6. The summed E-state index contributed by atoms with van der Waals surface area (Å²) in [5.74, 6) is 0.900. The molecule has 1 saturated carbocycles. The van der Waals surface area contributed by atoms with E-state index in [4.69, 9.17) is 0 Å². The maximum atomic E-state index is 2.84. The van der Waals surface area contributed by atoms with Gasteiger partial charge < -0.3 is 0 Å². The van der Waals surface area contributed by atoms with Gasteiger partial charge in [0.15, 0.2) is 0 Å². The molecule has 2 unspecified atom stereocenters. The highest BCUT2D eigenvalue weighted by molar-refractivity contribution is 5.39. The molecule has 3 aliphatic rings. The number of benzene rings is 1. The molecule has 16 heavy (non-hydrogen) atoms. The van der Waals surface area contributed by atoms with Crippen LogP contribution in [0.3, 0.4) is 0 Å². The minimum Gasteiger partial charge on any atom is -0.286 e. The first kappa shape index (κ1) is 9.23. The van der Waals surface area contributed by atoms with Crippen LogP contribution in [0.25, 0.3) is 0 Å². The minimum atomic E-state index is 0.748. The second-order valence-electron chi connectivity index (χ2n) is 5.92. The van der Waals surface area contributed by atoms with Crippen LogP contribution < -0.4 is 0 Å². The minimum absolute atomic E-state index is 0.748. The Bertz CT molecular complexity index is 388. The Morgan fingerprint density at radius 1 is 1.00 bits per heavy atom. The summed E-state index contributed by atoms with van der Waals surface area (Å²) in [6.45, 7) is 2.43. The fourth-order valence-corrected chi connectivity index (χ4v) is 3.89. The van der Waals surface area contributed by atoms with Crippen molar-refractivity contribution < 1.29 is 0 Å². The zero-order chi connectivity index (χ0) is 10.7. The topological polar surface area (TPSA) is 3.24 Å². The quantitative estimate of drug-likeness (QED) is 0.688. The number of piperidine rings is 1. The van der Waals surface area contributed by atoms with E-state index in [1.54, 1.807) is 11.1 Å². The number of hydrogen-bond donors (Lipinski definition) is 0. The summed E-state index contributed by atoms with van der Waals surface area (Å²) in [4.78, 5) is 2.84. The molecule has 0 spiro atoms. The van der Waals surface area contributed by atoms with Crippen molar-refractivity contribution >= 4 is 0 Å². The van der Waals surface area contributed by atoms with Crippen LogP contribution >= 0.6 is 0 Å². The van der Waals surface area contributed by atoms with Gasteiger partial charge in [-0.1, -0.05) is 31.2 Å². The summed E-state index contributed by atoms with van der Waals surface area (Å²) >= 11 is 0. The highest BCUT2D eigenvalue weighted by Crippen LogP contribution is 2.56. The second-order valence-corrected chi connectivity index (χ2v) is 5.92. The molecule has 0 amide bonds. The monoisotopic (exact) mass is 213 g/mol. The average molecular weight is 213 g/mol. The third-order valence-corrected chi connectivity index (χ3v) is 4.65. The van der Waals surface area contributed by atoms with Crippen LogP contribution in [0.1, 0.15) is 55.8 Å². The predicted molar refractivity (Wildman–Crippen MR) is 65.2 cm³/mol. The van der Waals surface area contributed by atoms with E-state index in [1.165, 1.54) is 25.7 Å². The predicted octanol–water partition coefficient (Wildman–Crippen LogP) is 3.68. The van der Waals surface area contributed by atoms with Gasteiger partial charge in [-0.05, 0) is 42.7 Å². The molecule has 2 aliphatic heterocycles. The zero-order valence-corrected chi connectivity index (χ0v) is 9.89. The van der Waals surface area contributed by atoms with E-state index < -0.39 is 0 Å². The molecule has 1 saturated heterocycles. The molecule has 0 aromatic heterocycles. The summed E-state index contributed by atoms with van der Waals surface area (Å²) in [7, 11) is 0. The summed E-state index contributed by atoms with van der Waals surface area (Å²) in [6.07, 6.45) is 5.64. The van der Waals surface area contributed by atoms with Gasteiger partial charge in [0.1, 0.15) is 0 Å². The van der Waals surface area contributed by atoms with Gasteiger partial charge in [0, 0.05) is 18.1 Å². The first-order chi connectivity index (χ1) is 7.84. The SMILES string of the molecule is CC1CC2c3ccccc3C(C1)N2C1CC1. The van der Waals surface area contributed by atoms with Gasteiger partial charge in [0.05, 0.1) is 0 Å². The molecule has 1 aromatic rings. The van der Waals surface area contributed by atoms with E-state index in [0.717, 1.165) is 24.0 Å². The molecule has 2 bridgehead atoms. The fourth-order valence-electron chi connectivity index (χ4n) is 3.89. The van der Waals surface area contributed by atoms with E-state index in [1.807, 2.05) is 0 Å². The van der Waals surface area contributed by atoms with E-state index >= 15 is 0 Å². The van der Waals surface area contributed by atoms with Crippen molar-refractivity contribution in [2.45, 2.75) is 50.7 Å². The van der Waals surface area contributed by atoms with Gasteiger partial charge in [-0.2, -0.15) is 0 Å². The van der Waals surface area contributed by atoms with Crippen molar-refractivity contribution in [3.8, 4) is 0 Å². The Balaban J connectivity index is 1.82. The van der Waals surface area contributed by atoms with Crippen LogP contribution in [-0.2, 0) is 0 Å². The molecule has 2 fully saturated rings. The maximum Gasteiger partial charge on any atom is 0.0363 e. The lowest BCUT2D eigenvalue weighted by Gasteiger charge is -2.38. The smallest absolute Gasteiger partial charge is 0.0363 e. The lowest BCUT2D eigenvalue weighted by molar-refractivity contribution is 0.0718. The molecule has 1 heteroatoms. The van der Waals surface area contributed by atoms with Crippen LogP contribution in [0.15, 0.2) is 24.3 Å². The Morgan fingerprint density at radius 2 is 1.56 bits per heavy atom. The van der Waals surface area contributed by atoms with Crippen LogP contribution in [-0.4, -0.2) is 10.9 Å². The van der Waals surface area contributed by atoms with Gasteiger partial charge in [0.2, 0.25) is 0 Å². The van der Waals surface area contributed by atoms with Gasteiger partial charge in [-0.15, -0.1) is 0 Å². The Hall–Kier alpha value is -0.820. The van der Waals surface area contributed by atoms with Crippen LogP contribution in [0.5, 0.6) is 0 Å². The lowest BCUT2D eigenvalue weighted by atomic mass is 9.90. The van der Waals surface area contributed by atoms with E-state index in [2.05, 4.69) is 36.1 Å². The van der Waals surface area contributed by atoms with E-state index in [0.29, 0.717) is 0 Å². The van der Waals surface area contributed by atoms with E-state index in [9.17, 15) is 0 Å². The molecule has 1 aromatic carbocycles. The Labute approximate surface area is 97.5 Å². The maximum absolute atomic E-state index is 2.84. The first-order valence-corrected chi connectivity index (χ1v) is 6.71. The third-order valence-electron chi connectivity index (χ3n) is 4.65. The summed E-state index contributed by atoms with van der Waals surface area (Å²) in [5, 5.41) is 0. The molecule has 84 valence electrons. The van der Waals surface area contributed by atoms with Crippen LogP contribution in [0.2, 0.25) is 0 Å². The highest BCUT2D eigenvalue weighted by atomic mass is 15.3. The molecular weight excluding hydrogens is 194 g/mol. The molecule has 1 nitrogen and oxygen atoms in total. The Morgan fingerprint density at radius 3 is 2.06 bits per heavy atom. The largest absolute Gasteiger partial charge is 0.286 e. The average Bonchev–Trinajstić information content (AvgIpc) is 3.09. The van der Waals surface area contributed by atoms with Crippen LogP contribution in [0, 0.1) is 5.92 Å². The molecular formula is C15H19N. The molecule has 2 atom stereocenters. The molecule has 4 rings (SSSR count). The number of hydrogen-bond acceptors (Lipinski definition) is 1. The second kappa shape index (κ2) is 3.10. The van der Waals surface area contributed by atoms with Crippen molar-refractivity contribution in [1.82, 2.24) is 4.90 Å². The Kier molecular flexibility index (Phi) is 1.79. The number of fused-ring (bicyclic) bond motifs is 5. The first-order valence-electron chi connectivity index (χ1n) is 6.71. The van der Waals surface area contributed by atoms with Gasteiger partial charge in [-0.3, -0.25) is 4.90 Å². The van der Waals surface area contributed by atoms with Gasteiger partial charge in [-0.25, -0.2) is 0 Å². The fraction of sp³-hybridized carbons (Fsp3) is 0.600. The highest BCUT2D eigenvalue weighted by Gasteiger charge is 2.48. The van der Waals surface area contributed by atoms with Gasteiger partial charge in [0.25, 0.3) is 0 Å². The third kappa shape index (κ3) is 1.15. The summed E-state index contributed by atoms with van der Waals surface area (Å²) in [5.41, 5.74) is 3.28. The lowest BCUT2D eigenvalue weighted by Crippen LogP contribution is -2.34. The van der Waals surface area contributed by atoms with Crippen molar-refractivity contribution in [2.24, 2.45) is 5.92 Å². The molecule has 1 aliphatic carbocycles. The van der Waals surface area contributed by atoms with E-state index in [-0.39, 0.29) is 0 Å². The standard InChI is InChI=1S/C15H19N/c1-10-8-14-12-4-2-3-5-13(12)15(9-10)16(14)11-6-7-11/h2-5,10-11,14-15H,6-9H2,1H3. The van der Waals surface area contributed by atoms with Crippen molar-refractivity contribution in [1.29, 1.82) is 0 Å². The van der Waals surface area contributed by atoms with Crippen molar-refractivity contribution in [2.75, 3.05) is 0 Å². The van der Waals surface area contributed by atoms with Gasteiger partial charge >= 0.3 is 0 Å². The normalized spacial score (nSPS) is 37.4. The zero-order valence-electron chi connectivity index (χ0n) is 9.89. The molecule has 0 N–H and O–H groups in total. The molecule has 2 heterocycles. The number of rotatable bonds is 1. The van der Waals surface area contributed by atoms with Crippen molar-refractivity contribution in [3.05, 3.63) is 35.4 Å². The molecule has 0 radical (unpaired) electrons. The number of nitrogens with zero attached hydrogens (tertiary/aromatic N) is 1. The summed E-state index contributed by atoms with van der Waals surface area (Å²) < 4.78 is 0. The van der Waals surface area contributed by atoms with Crippen molar-refractivity contribution in [3.63, 3.8) is 0 Å².